The number of allylic oxidation sites excluding steroid dienone is 2. The Bertz CT molecular complexity index is 1240. The maximum atomic E-state index is 13.2. The van der Waals surface area contributed by atoms with Gasteiger partial charge in [-0.3, -0.25) is 14.9 Å². The van der Waals surface area contributed by atoms with Crippen LogP contribution in [0.1, 0.15) is 35.5 Å². The van der Waals surface area contributed by atoms with Gasteiger partial charge in [0.25, 0.3) is 5.91 Å². The molecule has 7 heteroatoms. The highest BCUT2D eigenvalue weighted by Gasteiger charge is 2.29. The standard InChI is InChI=1S/C27H30N4O3/c1-18-11-24-21(13-22(18)14-27(2,3)30(4)26(34)28-17-32)9-10-23(29-24)25(33)31-15-19-7-5-6-8-20(12-19)16-31/h5-13,17,19H,14-16H2,1-4H3,(H,28,32,34). The molecule has 0 fully saturated rings. The Hall–Kier alpha value is -3.74. The molecule has 1 atom stereocenters. The van der Waals surface area contributed by atoms with Crippen molar-refractivity contribution in [1.29, 1.82) is 0 Å². The molecule has 2 heterocycles. The van der Waals surface area contributed by atoms with Crippen LogP contribution in [0.15, 0.2) is 60.2 Å². The number of fused-ring (bicyclic) bond motifs is 2. The second-order valence-corrected chi connectivity index (χ2v) is 9.62. The van der Waals surface area contributed by atoms with E-state index in [1.807, 2.05) is 50.0 Å². The molecule has 1 unspecified atom stereocenters. The first-order valence-electron chi connectivity index (χ1n) is 11.4. The minimum absolute atomic E-state index is 0.0631. The average molecular weight is 459 g/mol. The number of urea groups is 1. The Balaban J connectivity index is 1.56. The summed E-state index contributed by atoms with van der Waals surface area (Å²) < 4.78 is 0. The van der Waals surface area contributed by atoms with Crippen molar-refractivity contribution < 1.29 is 14.4 Å². The van der Waals surface area contributed by atoms with E-state index in [-0.39, 0.29) is 11.8 Å². The summed E-state index contributed by atoms with van der Waals surface area (Å²) in [4.78, 5) is 44.1. The van der Waals surface area contributed by atoms with Gasteiger partial charge in [0.1, 0.15) is 5.69 Å². The molecular weight excluding hydrogens is 428 g/mol. The van der Waals surface area contributed by atoms with Crippen molar-refractivity contribution >= 4 is 29.3 Å². The first-order valence-corrected chi connectivity index (χ1v) is 11.4. The van der Waals surface area contributed by atoms with Crippen LogP contribution in [0.3, 0.4) is 0 Å². The monoisotopic (exact) mass is 458 g/mol. The van der Waals surface area contributed by atoms with Crippen LogP contribution in [0.5, 0.6) is 0 Å². The normalized spacial score (nSPS) is 17.2. The van der Waals surface area contributed by atoms with Crippen LogP contribution in [0.2, 0.25) is 0 Å². The Labute approximate surface area is 199 Å². The lowest BCUT2D eigenvalue weighted by Gasteiger charge is -2.35. The van der Waals surface area contributed by atoms with Crippen LogP contribution in [0, 0.1) is 12.8 Å². The second kappa shape index (κ2) is 9.25. The van der Waals surface area contributed by atoms with Crippen molar-refractivity contribution in [1.82, 2.24) is 20.1 Å². The van der Waals surface area contributed by atoms with Crippen LogP contribution in [-0.4, -0.2) is 58.8 Å². The molecule has 2 aromatic rings. The van der Waals surface area contributed by atoms with E-state index in [2.05, 4.69) is 29.6 Å². The van der Waals surface area contributed by atoms with Crippen molar-refractivity contribution in [2.45, 2.75) is 32.7 Å². The van der Waals surface area contributed by atoms with Crippen molar-refractivity contribution in [3.05, 3.63) is 77.0 Å². The third-order valence-electron chi connectivity index (χ3n) is 6.68. The number of aryl methyl sites for hydroxylation is 1. The summed E-state index contributed by atoms with van der Waals surface area (Å²) >= 11 is 0. The molecule has 1 aliphatic heterocycles. The third-order valence-corrected chi connectivity index (χ3v) is 6.68. The van der Waals surface area contributed by atoms with E-state index >= 15 is 0 Å². The van der Waals surface area contributed by atoms with Crippen molar-refractivity contribution in [2.75, 3.05) is 20.1 Å². The number of rotatable bonds is 5. The molecule has 34 heavy (non-hydrogen) atoms. The summed E-state index contributed by atoms with van der Waals surface area (Å²) in [5.41, 5.74) is 3.95. The van der Waals surface area contributed by atoms with E-state index in [0.717, 1.165) is 27.6 Å². The van der Waals surface area contributed by atoms with Gasteiger partial charge in [0.2, 0.25) is 6.41 Å². The summed E-state index contributed by atoms with van der Waals surface area (Å²) in [6.07, 6.45) is 11.4. The lowest BCUT2D eigenvalue weighted by molar-refractivity contribution is -0.108. The van der Waals surface area contributed by atoms with E-state index < -0.39 is 11.6 Å². The molecule has 1 aromatic carbocycles. The summed E-state index contributed by atoms with van der Waals surface area (Å²) in [5, 5.41) is 3.13. The van der Waals surface area contributed by atoms with Gasteiger partial charge in [0.05, 0.1) is 5.52 Å². The Kier molecular flexibility index (Phi) is 6.37. The van der Waals surface area contributed by atoms with Crippen LogP contribution >= 0.6 is 0 Å². The van der Waals surface area contributed by atoms with Gasteiger partial charge in [-0.25, -0.2) is 9.78 Å². The van der Waals surface area contributed by atoms with Crippen LogP contribution in [-0.2, 0) is 11.2 Å². The first kappa shape index (κ1) is 23.4. The number of hydrogen-bond donors (Lipinski definition) is 1. The molecule has 176 valence electrons. The Morgan fingerprint density at radius 2 is 2.06 bits per heavy atom. The maximum Gasteiger partial charge on any atom is 0.324 e. The maximum absolute atomic E-state index is 13.2. The van der Waals surface area contributed by atoms with Gasteiger partial charge in [0, 0.05) is 37.0 Å². The fourth-order valence-electron chi connectivity index (χ4n) is 4.49. The highest BCUT2D eigenvalue weighted by atomic mass is 16.2. The third kappa shape index (κ3) is 4.78. The number of aromatic nitrogens is 1. The zero-order chi connectivity index (χ0) is 24.5. The zero-order valence-corrected chi connectivity index (χ0v) is 20.0. The molecule has 4 rings (SSSR count). The largest absolute Gasteiger partial charge is 0.332 e. The molecule has 0 radical (unpaired) electrons. The number of pyridine rings is 1. The summed E-state index contributed by atoms with van der Waals surface area (Å²) in [6, 6.07) is 7.34. The van der Waals surface area contributed by atoms with Gasteiger partial charge in [-0.1, -0.05) is 36.4 Å². The highest BCUT2D eigenvalue weighted by Crippen LogP contribution is 2.26. The number of carbonyl (C=O) groups is 3. The number of likely N-dealkylation sites (N-methyl/N-ethyl adjacent to an activating group) is 1. The minimum Gasteiger partial charge on any atom is -0.332 e. The smallest absolute Gasteiger partial charge is 0.324 e. The first-order chi connectivity index (χ1) is 16.2. The number of nitrogens with one attached hydrogen (secondary N) is 1. The minimum atomic E-state index is -0.516. The molecule has 2 aliphatic rings. The van der Waals surface area contributed by atoms with E-state index in [1.165, 1.54) is 4.90 Å². The van der Waals surface area contributed by atoms with Crippen LogP contribution in [0.25, 0.3) is 10.9 Å². The molecule has 1 aromatic heterocycles. The molecular formula is C27H30N4O3. The highest BCUT2D eigenvalue weighted by molar-refractivity contribution is 5.95. The van der Waals surface area contributed by atoms with Crippen LogP contribution < -0.4 is 5.32 Å². The number of imide groups is 1. The van der Waals surface area contributed by atoms with Gasteiger partial charge >= 0.3 is 6.03 Å². The number of carbonyl (C=O) groups excluding carboxylic acids is 3. The predicted molar refractivity (Wildman–Crippen MR) is 132 cm³/mol. The summed E-state index contributed by atoms with van der Waals surface area (Å²) in [6.45, 7) is 7.16. The van der Waals surface area contributed by atoms with E-state index in [9.17, 15) is 14.4 Å². The molecule has 7 nitrogen and oxygen atoms in total. The number of hydrogen-bond acceptors (Lipinski definition) is 4. The van der Waals surface area contributed by atoms with Gasteiger partial charge < -0.3 is 9.80 Å². The quantitative estimate of drug-likeness (QED) is 0.691. The van der Waals surface area contributed by atoms with E-state index in [1.54, 1.807) is 13.1 Å². The van der Waals surface area contributed by atoms with Gasteiger partial charge in [-0.15, -0.1) is 0 Å². The topological polar surface area (TPSA) is 82.6 Å². The molecule has 4 amide bonds. The molecule has 2 bridgehead atoms. The Morgan fingerprint density at radius 3 is 2.82 bits per heavy atom. The molecule has 1 N–H and O–H groups in total. The second-order valence-electron chi connectivity index (χ2n) is 9.62. The summed E-state index contributed by atoms with van der Waals surface area (Å²) in [7, 11) is 1.67. The van der Waals surface area contributed by atoms with Crippen molar-refractivity contribution in [2.24, 2.45) is 5.92 Å². The van der Waals surface area contributed by atoms with Gasteiger partial charge in [0.15, 0.2) is 0 Å². The van der Waals surface area contributed by atoms with E-state index in [4.69, 9.17) is 4.98 Å². The molecule has 0 saturated carbocycles. The van der Waals surface area contributed by atoms with E-state index in [0.29, 0.717) is 31.6 Å². The van der Waals surface area contributed by atoms with Gasteiger partial charge in [-0.2, -0.15) is 0 Å². The number of nitrogens with zero attached hydrogens (tertiary/aromatic N) is 3. The average Bonchev–Trinajstić information content (AvgIpc) is 2.97. The lowest BCUT2D eigenvalue weighted by Crippen LogP contribution is -2.50. The number of benzene rings is 1. The molecule has 0 saturated heterocycles. The predicted octanol–water partition coefficient (Wildman–Crippen LogP) is 3.79. The fraction of sp³-hybridized carbons (Fsp3) is 0.333. The SMILES string of the molecule is Cc1cc2nc(C(=O)N3CC4=CC(C=CC=C4)C3)ccc2cc1CC(C)(C)N(C)C(=O)NC=O. The van der Waals surface area contributed by atoms with Gasteiger partial charge in [-0.05, 0) is 62.1 Å². The molecule has 1 aliphatic carbocycles. The lowest BCUT2D eigenvalue weighted by atomic mass is 9.90. The molecule has 0 spiro atoms. The fourth-order valence-corrected chi connectivity index (χ4v) is 4.49. The number of amides is 4. The van der Waals surface area contributed by atoms with Crippen molar-refractivity contribution in [3.8, 4) is 0 Å². The van der Waals surface area contributed by atoms with Crippen molar-refractivity contribution in [3.63, 3.8) is 0 Å². The Morgan fingerprint density at radius 1 is 1.26 bits per heavy atom. The zero-order valence-electron chi connectivity index (χ0n) is 20.0. The summed E-state index contributed by atoms with van der Waals surface area (Å²) in [5.74, 6) is 0.162. The van der Waals surface area contributed by atoms with Crippen LogP contribution in [0.4, 0.5) is 4.79 Å².